The molecule has 4 rings (SSSR count). The number of alkyl carbamates (subject to hydrolysis) is 1. The predicted octanol–water partition coefficient (Wildman–Crippen LogP) is 4.26. The van der Waals surface area contributed by atoms with Gasteiger partial charge in [-0.3, -0.25) is 4.79 Å². The number of ether oxygens (including phenoxy) is 1. The second kappa shape index (κ2) is 8.87. The van der Waals surface area contributed by atoms with Crippen LogP contribution in [0.2, 0.25) is 0 Å². The van der Waals surface area contributed by atoms with Crippen molar-refractivity contribution in [2.24, 2.45) is 5.92 Å². The molecule has 4 aromatic rings. The minimum Gasteiger partial charge on any atom is -0.449 e. The number of aromatic amines is 1. The molecule has 2 aromatic carbocycles. The lowest BCUT2D eigenvalue weighted by molar-refractivity contribution is 0.132. The SMILES string of the molecule is CC(C)COC(=O)NCc1cccc(-c2cn(-c3ccccc3)c3nc[nH]c(=O)c23)c1. The number of fused-ring (bicyclic) bond motifs is 1. The summed E-state index contributed by atoms with van der Waals surface area (Å²) in [4.78, 5) is 31.6. The van der Waals surface area contributed by atoms with Gasteiger partial charge in [0.05, 0.1) is 18.3 Å². The Morgan fingerprint density at radius 1 is 1.16 bits per heavy atom. The molecule has 0 aliphatic carbocycles. The van der Waals surface area contributed by atoms with Crippen LogP contribution in [-0.4, -0.2) is 27.2 Å². The summed E-state index contributed by atoms with van der Waals surface area (Å²) < 4.78 is 7.07. The molecule has 2 aromatic heterocycles. The van der Waals surface area contributed by atoms with Gasteiger partial charge in [0.1, 0.15) is 0 Å². The zero-order valence-electron chi connectivity index (χ0n) is 17.5. The van der Waals surface area contributed by atoms with Crippen molar-refractivity contribution in [1.82, 2.24) is 19.9 Å². The summed E-state index contributed by atoms with van der Waals surface area (Å²) in [7, 11) is 0. The van der Waals surface area contributed by atoms with Crippen molar-refractivity contribution in [3.05, 3.63) is 83.0 Å². The van der Waals surface area contributed by atoms with Crippen molar-refractivity contribution in [3.63, 3.8) is 0 Å². The molecule has 7 heteroatoms. The highest BCUT2D eigenvalue weighted by Gasteiger charge is 2.16. The van der Waals surface area contributed by atoms with E-state index in [1.165, 1.54) is 6.33 Å². The van der Waals surface area contributed by atoms with Gasteiger partial charge in [0.15, 0.2) is 5.65 Å². The number of para-hydroxylation sites is 1. The lowest BCUT2D eigenvalue weighted by atomic mass is 10.0. The fraction of sp³-hybridized carbons (Fsp3) is 0.208. The van der Waals surface area contributed by atoms with Crippen LogP contribution in [0.3, 0.4) is 0 Å². The van der Waals surface area contributed by atoms with Crippen LogP contribution in [0.4, 0.5) is 4.79 Å². The first-order valence-corrected chi connectivity index (χ1v) is 10.2. The summed E-state index contributed by atoms with van der Waals surface area (Å²) in [5, 5.41) is 3.29. The van der Waals surface area contributed by atoms with E-state index in [0.717, 1.165) is 22.4 Å². The van der Waals surface area contributed by atoms with Crippen molar-refractivity contribution in [2.45, 2.75) is 20.4 Å². The molecule has 31 heavy (non-hydrogen) atoms. The van der Waals surface area contributed by atoms with E-state index in [1.54, 1.807) is 0 Å². The molecule has 0 aliphatic heterocycles. The molecule has 2 heterocycles. The van der Waals surface area contributed by atoms with E-state index in [1.807, 2.05) is 79.2 Å². The zero-order chi connectivity index (χ0) is 21.8. The standard InChI is InChI=1S/C24H24N4O3/c1-16(2)14-31-24(30)25-12-17-7-6-8-18(11-17)20-13-28(19-9-4-3-5-10-19)22-21(20)23(29)27-15-26-22/h3-11,13,15-16H,12,14H2,1-2H3,(H,25,30)(H,26,27,29). The van der Waals surface area contributed by atoms with Crippen LogP contribution in [0.5, 0.6) is 0 Å². The molecule has 1 amide bonds. The predicted molar refractivity (Wildman–Crippen MR) is 120 cm³/mol. The van der Waals surface area contributed by atoms with Gasteiger partial charge in [-0.1, -0.05) is 50.2 Å². The number of aromatic nitrogens is 3. The second-order valence-corrected chi connectivity index (χ2v) is 7.72. The summed E-state index contributed by atoms with van der Waals surface area (Å²) in [6.45, 7) is 4.68. The molecule has 0 saturated heterocycles. The van der Waals surface area contributed by atoms with E-state index in [9.17, 15) is 9.59 Å². The maximum Gasteiger partial charge on any atom is 0.407 e. The highest BCUT2D eigenvalue weighted by atomic mass is 16.5. The summed E-state index contributed by atoms with van der Waals surface area (Å²) in [5.74, 6) is 0.280. The first kappa shape index (κ1) is 20.4. The molecule has 2 N–H and O–H groups in total. The molecule has 0 spiro atoms. The molecule has 0 bridgehead atoms. The highest BCUT2D eigenvalue weighted by Crippen LogP contribution is 2.30. The maximum atomic E-state index is 12.7. The largest absolute Gasteiger partial charge is 0.449 e. The van der Waals surface area contributed by atoms with Gasteiger partial charge in [0, 0.05) is 24.0 Å². The maximum absolute atomic E-state index is 12.7. The number of carbonyl (C=O) groups is 1. The Kier molecular flexibility index (Phi) is 5.84. The van der Waals surface area contributed by atoms with Gasteiger partial charge in [0.2, 0.25) is 0 Å². The number of nitrogens with zero attached hydrogens (tertiary/aromatic N) is 2. The number of H-pyrrole nitrogens is 1. The van der Waals surface area contributed by atoms with Gasteiger partial charge in [0.25, 0.3) is 5.56 Å². The van der Waals surface area contributed by atoms with Crippen LogP contribution < -0.4 is 10.9 Å². The zero-order valence-corrected chi connectivity index (χ0v) is 17.5. The minimum absolute atomic E-state index is 0.199. The fourth-order valence-corrected chi connectivity index (χ4v) is 3.39. The molecule has 0 radical (unpaired) electrons. The number of amides is 1. The van der Waals surface area contributed by atoms with Crippen LogP contribution in [0, 0.1) is 5.92 Å². The highest BCUT2D eigenvalue weighted by molar-refractivity contribution is 5.94. The Hall–Kier alpha value is -3.87. The second-order valence-electron chi connectivity index (χ2n) is 7.72. The quantitative estimate of drug-likeness (QED) is 0.491. The number of hydrogen-bond acceptors (Lipinski definition) is 4. The number of benzene rings is 2. The monoisotopic (exact) mass is 416 g/mol. The van der Waals surface area contributed by atoms with Crippen LogP contribution >= 0.6 is 0 Å². The average Bonchev–Trinajstić information content (AvgIpc) is 3.18. The Bertz CT molecular complexity index is 1260. The molecule has 0 saturated carbocycles. The van der Waals surface area contributed by atoms with Crippen molar-refractivity contribution in [1.29, 1.82) is 0 Å². The van der Waals surface area contributed by atoms with Gasteiger partial charge in [-0.15, -0.1) is 0 Å². The third-order valence-corrected chi connectivity index (χ3v) is 4.85. The summed E-state index contributed by atoms with van der Waals surface area (Å²) >= 11 is 0. The topological polar surface area (TPSA) is 89.0 Å². The molecule has 0 atom stereocenters. The molecule has 0 fully saturated rings. The lowest BCUT2D eigenvalue weighted by Crippen LogP contribution is -2.25. The Morgan fingerprint density at radius 3 is 2.74 bits per heavy atom. The van der Waals surface area contributed by atoms with Gasteiger partial charge in [-0.2, -0.15) is 0 Å². The van der Waals surface area contributed by atoms with Gasteiger partial charge < -0.3 is 19.6 Å². The van der Waals surface area contributed by atoms with Crippen molar-refractivity contribution in [2.75, 3.05) is 6.61 Å². The van der Waals surface area contributed by atoms with E-state index in [4.69, 9.17) is 4.74 Å². The van der Waals surface area contributed by atoms with Crippen molar-refractivity contribution < 1.29 is 9.53 Å². The van der Waals surface area contributed by atoms with E-state index in [2.05, 4.69) is 15.3 Å². The summed E-state index contributed by atoms with van der Waals surface area (Å²) in [5.41, 5.74) is 3.86. The molecule has 158 valence electrons. The molecule has 0 unspecified atom stereocenters. The third-order valence-electron chi connectivity index (χ3n) is 4.85. The molecule has 0 aliphatic rings. The summed E-state index contributed by atoms with van der Waals surface area (Å²) in [6, 6.07) is 17.5. The molecular weight excluding hydrogens is 392 g/mol. The van der Waals surface area contributed by atoms with E-state index in [-0.39, 0.29) is 11.5 Å². The number of hydrogen-bond donors (Lipinski definition) is 2. The number of carbonyl (C=O) groups excluding carboxylic acids is 1. The van der Waals surface area contributed by atoms with E-state index in [0.29, 0.717) is 24.2 Å². The van der Waals surface area contributed by atoms with Crippen LogP contribution in [0.1, 0.15) is 19.4 Å². The Balaban J connectivity index is 1.67. The Morgan fingerprint density at radius 2 is 1.97 bits per heavy atom. The van der Waals surface area contributed by atoms with E-state index >= 15 is 0 Å². The minimum atomic E-state index is -0.444. The van der Waals surface area contributed by atoms with Gasteiger partial charge >= 0.3 is 6.09 Å². The molecule has 7 nitrogen and oxygen atoms in total. The number of rotatable bonds is 6. The van der Waals surface area contributed by atoms with E-state index < -0.39 is 6.09 Å². The smallest absolute Gasteiger partial charge is 0.407 e. The molecular formula is C24H24N4O3. The number of nitrogens with one attached hydrogen (secondary N) is 2. The third kappa shape index (κ3) is 4.50. The van der Waals surface area contributed by atoms with Gasteiger partial charge in [-0.25, -0.2) is 9.78 Å². The van der Waals surface area contributed by atoms with Gasteiger partial charge in [-0.05, 0) is 35.2 Å². The van der Waals surface area contributed by atoms with Crippen LogP contribution in [0.25, 0.3) is 27.8 Å². The van der Waals surface area contributed by atoms with Crippen molar-refractivity contribution >= 4 is 17.1 Å². The normalized spacial score (nSPS) is 11.1. The van der Waals surface area contributed by atoms with Crippen LogP contribution in [-0.2, 0) is 11.3 Å². The first-order valence-electron chi connectivity index (χ1n) is 10.2. The van der Waals surface area contributed by atoms with Crippen LogP contribution in [0.15, 0.2) is 71.9 Å². The lowest BCUT2D eigenvalue weighted by Gasteiger charge is -2.09. The fourth-order valence-electron chi connectivity index (χ4n) is 3.39. The Labute approximate surface area is 179 Å². The van der Waals surface area contributed by atoms with Crippen molar-refractivity contribution in [3.8, 4) is 16.8 Å². The first-order chi connectivity index (χ1) is 15.0. The average molecular weight is 416 g/mol. The summed E-state index contributed by atoms with van der Waals surface area (Å²) in [6.07, 6.45) is 2.89.